The Bertz CT molecular complexity index is 2350. The lowest BCUT2D eigenvalue weighted by molar-refractivity contribution is -0.438. The van der Waals surface area contributed by atoms with E-state index in [4.69, 9.17) is 9.47 Å². The zero-order valence-corrected chi connectivity index (χ0v) is 35.5. The zero-order chi connectivity index (χ0) is 40.9. The van der Waals surface area contributed by atoms with Crippen molar-refractivity contribution in [3.05, 3.63) is 131 Å². The van der Waals surface area contributed by atoms with E-state index in [1.807, 2.05) is 0 Å². The maximum absolute atomic E-state index is 11.8. The van der Waals surface area contributed by atoms with Crippen LogP contribution in [0.3, 0.4) is 0 Å². The molecule has 6 heteroatoms. The number of methoxy groups -OCH3 is 2. The van der Waals surface area contributed by atoms with E-state index < -0.39 is 0 Å². The Morgan fingerprint density at radius 1 is 0.690 bits per heavy atom. The summed E-state index contributed by atoms with van der Waals surface area (Å²) in [6.45, 7) is 11.3. The first-order valence-corrected chi connectivity index (χ1v) is 21.4. The van der Waals surface area contributed by atoms with Crippen molar-refractivity contribution in [1.82, 2.24) is 0 Å². The van der Waals surface area contributed by atoms with Gasteiger partial charge in [-0.1, -0.05) is 93.1 Å². The molecule has 0 bridgehead atoms. The minimum atomic E-state index is -0.174. The van der Waals surface area contributed by atoms with Crippen molar-refractivity contribution in [3.8, 4) is 0 Å². The number of rotatable bonds is 15. The van der Waals surface area contributed by atoms with Crippen molar-refractivity contribution in [2.45, 2.75) is 109 Å². The highest BCUT2D eigenvalue weighted by Gasteiger charge is 2.45. The molecule has 0 atom stereocenters. The number of anilines is 1. The van der Waals surface area contributed by atoms with Crippen molar-refractivity contribution in [1.29, 1.82) is 0 Å². The van der Waals surface area contributed by atoms with Gasteiger partial charge in [0.15, 0.2) is 5.71 Å². The Morgan fingerprint density at radius 2 is 1.33 bits per heavy atom. The molecular weight excluding hydrogens is 717 g/mol. The van der Waals surface area contributed by atoms with Crippen LogP contribution in [-0.4, -0.2) is 49.5 Å². The van der Waals surface area contributed by atoms with Crippen LogP contribution < -0.4 is 4.90 Å². The normalized spacial score (nSPS) is 18.4. The standard InChI is InChI=1S/C52H61N2O4/c1-51(2)45(53(34-15-7-9-24-47(55)57-5)43-30-28-39-20-11-13-22-41(39)49(43)51)32-26-37-18-17-19-38(36-37)27-33-46-52(3,4)50-42-23-14-12-21-40(42)29-31-44(50)54(46)35-16-8-10-25-48(56)58-6/h11-14,20-23,26-33,36H,7-10,15-19,24-25,34-35H2,1-6H3/q+1. The molecular formula is C52H61N2O4+. The minimum Gasteiger partial charge on any atom is -0.469 e. The second kappa shape index (κ2) is 17.7. The molecule has 4 aromatic rings. The summed E-state index contributed by atoms with van der Waals surface area (Å²) in [6.07, 6.45) is 21.8. The largest absolute Gasteiger partial charge is 0.469 e. The third-order valence-corrected chi connectivity index (χ3v) is 12.7. The third-order valence-electron chi connectivity index (χ3n) is 12.7. The molecule has 0 amide bonds. The number of ether oxygens (including phenoxy) is 2. The average Bonchev–Trinajstić information content (AvgIpc) is 3.59. The second-order valence-corrected chi connectivity index (χ2v) is 17.3. The summed E-state index contributed by atoms with van der Waals surface area (Å²) in [7, 11) is 2.93. The first kappa shape index (κ1) is 40.9. The topological polar surface area (TPSA) is 58.8 Å². The molecule has 2 heterocycles. The van der Waals surface area contributed by atoms with Crippen LogP contribution in [0.15, 0.2) is 120 Å². The third kappa shape index (κ3) is 8.34. The molecule has 2 aliphatic heterocycles. The van der Waals surface area contributed by atoms with Crippen LogP contribution >= 0.6 is 0 Å². The number of nitrogens with zero attached hydrogens (tertiary/aromatic N) is 2. The fourth-order valence-electron chi connectivity index (χ4n) is 9.70. The number of allylic oxidation sites excluding steroid dienone is 8. The van der Waals surface area contributed by atoms with E-state index in [0.29, 0.717) is 12.8 Å². The Kier molecular flexibility index (Phi) is 12.5. The van der Waals surface area contributed by atoms with Crippen molar-refractivity contribution in [3.63, 3.8) is 0 Å². The van der Waals surface area contributed by atoms with Crippen LogP contribution in [0.25, 0.3) is 21.5 Å². The molecule has 4 aromatic carbocycles. The van der Waals surface area contributed by atoms with E-state index in [9.17, 15) is 9.59 Å². The van der Waals surface area contributed by atoms with Crippen LogP contribution in [0.1, 0.15) is 109 Å². The molecule has 302 valence electrons. The summed E-state index contributed by atoms with van der Waals surface area (Å²) in [4.78, 5) is 26.1. The summed E-state index contributed by atoms with van der Waals surface area (Å²) in [5.41, 5.74) is 10.4. The van der Waals surface area contributed by atoms with Crippen LogP contribution in [0.5, 0.6) is 0 Å². The monoisotopic (exact) mass is 777 g/mol. The summed E-state index contributed by atoms with van der Waals surface area (Å²) < 4.78 is 12.3. The maximum Gasteiger partial charge on any atom is 0.305 e. The fraction of sp³-hybridized carbons (Fsp3) is 0.404. The SMILES string of the molecule is COC(=O)CCCCCN1C(=CC=C2C=C(C=CC3=[N+](CCCCCC(=O)OC)c4ccc5ccccc5c4C3(C)C)CCC2)C(C)(C)c2c1ccc1ccccc21. The Balaban J connectivity index is 1.17. The highest BCUT2D eigenvalue weighted by molar-refractivity contribution is 6.07. The molecule has 0 fully saturated rings. The van der Waals surface area contributed by atoms with Crippen LogP contribution in [0.4, 0.5) is 11.4 Å². The first-order valence-electron chi connectivity index (χ1n) is 21.4. The van der Waals surface area contributed by atoms with E-state index in [0.717, 1.165) is 70.9 Å². The number of fused-ring (bicyclic) bond motifs is 6. The molecule has 3 aliphatic rings. The van der Waals surface area contributed by atoms with Gasteiger partial charge in [0, 0.05) is 60.3 Å². The first-order chi connectivity index (χ1) is 28.0. The summed E-state index contributed by atoms with van der Waals surface area (Å²) >= 11 is 0. The number of hydrogen-bond donors (Lipinski definition) is 0. The molecule has 6 nitrogen and oxygen atoms in total. The van der Waals surface area contributed by atoms with Gasteiger partial charge >= 0.3 is 11.9 Å². The van der Waals surface area contributed by atoms with E-state index in [1.54, 1.807) is 0 Å². The summed E-state index contributed by atoms with van der Waals surface area (Å²) in [6, 6.07) is 26.7. The number of carbonyl (C=O) groups is 2. The summed E-state index contributed by atoms with van der Waals surface area (Å²) in [5.74, 6) is -0.265. The quantitative estimate of drug-likeness (QED) is 0.0683. The lowest BCUT2D eigenvalue weighted by Crippen LogP contribution is -2.28. The van der Waals surface area contributed by atoms with Gasteiger partial charge in [-0.15, -0.1) is 0 Å². The average molecular weight is 778 g/mol. The van der Waals surface area contributed by atoms with Gasteiger partial charge in [0.05, 0.1) is 19.6 Å². The van der Waals surface area contributed by atoms with Crippen molar-refractivity contribution in [2.75, 3.05) is 32.2 Å². The molecule has 0 N–H and O–H groups in total. The van der Waals surface area contributed by atoms with Crippen molar-refractivity contribution < 1.29 is 23.6 Å². The molecule has 0 spiro atoms. The molecule has 7 rings (SSSR count). The van der Waals surface area contributed by atoms with Crippen molar-refractivity contribution >= 4 is 50.6 Å². The Morgan fingerprint density at radius 3 is 2.02 bits per heavy atom. The second-order valence-electron chi connectivity index (χ2n) is 17.3. The molecule has 0 unspecified atom stereocenters. The fourth-order valence-corrected chi connectivity index (χ4v) is 9.70. The zero-order valence-electron chi connectivity index (χ0n) is 35.5. The van der Waals surface area contributed by atoms with E-state index in [-0.39, 0.29) is 22.8 Å². The lowest BCUT2D eigenvalue weighted by Gasteiger charge is -2.27. The lowest BCUT2D eigenvalue weighted by atomic mass is 9.79. The van der Waals surface area contributed by atoms with Gasteiger partial charge < -0.3 is 14.4 Å². The van der Waals surface area contributed by atoms with Crippen LogP contribution in [-0.2, 0) is 29.9 Å². The van der Waals surface area contributed by atoms with Gasteiger partial charge in [0.1, 0.15) is 6.54 Å². The molecule has 0 radical (unpaired) electrons. The molecule has 58 heavy (non-hydrogen) atoms. The Hall–Kier alpha value is -5.23. The predicted octanol–water partition coefficient (Wildman–Crippen LogP) is 12.1. The number of unbranched alkanes of at least 4 members (excludes halogenated alkanes) is 4. The number of hydrogen-bond acceptors (Lipinski definition) is 5. The molecule has 1 aliphatic carbocycles. The van der Waals surface area contributed by atoms with Crippen LogP contribution in [0.2, 0.25) is 0 Å². The van der Waals surface area contributed by atoms with E-state index >= 15 is 0 Å². The van der Waals surface area contributed by atoms with E-state index in [1.165, 1.54) is 80.8 Å². The summed E-state index contributed by atoms with van der Waals surface area (Å²) in [5, 5.41) is 5.18. The van der Waals surface area contributed by atoms with Gasteiger partial charge in [-0.25, -0.2) is 0 Å². The van der Waals surface area contributed by atoms with E-state index in [2.05, 4.69) is 140 Å². The number of benzene rings is 4. The van der Waals surface area contributed by atoms with Gasteiger partial charge in [0.25, 0.3) is 0 Å². The van der Waals surface area contributed by atoms with Crippen LogP contribution in [0, 0.1) is 0 Å². The maximum atomic E-state index is 11.8. The van der Waals surface area contributed by atoms with Crippen molar-refractivity contribution in [2.24, 2.45) is 0 Å². The van der Waals surface area contributed by atoms with Gasteiger partial charge in [-0.3, -0.25) is 9.59 Å². The highest BCUT2D eigenvalue weighted by Crippen LogP contribution is 2.51. The molecule has 0 saturated carbocycles. The predicted molar refractivity (Wildman–Crippen MR) is 239 cm³/mol. The number of carbonyl (C=O) groups excluding carboxylic acids is 2. The number of esters is 2. The van der Waals surface area contributed by atoms with Gasteiger partial charge in [-0.2, -0.15) is 4.58 Å². The highest BCUT2D eigenvalue weighted by atomic mass is 16.5. The van der Waals surface area contributed by atoms with Gasteiger partial charge in [-0.05, 0) is 115 Å². The van der Waals surface area contributed by atoms with Gasteiger partial charge in [0.2, 0.25) is 5.69 Å². The molecule has 0 saturated heterocycles. The Labute approximate surface area is 345 Å². The minimum absolute atomic E-state index is 0.133. The smallest absolute Gasteiger partial charge is 0.305 e. The molecule has 0 aromatic heterocycles.